The number of likely N-dealkylation sites (tertiary alicyclic amines) is 1. The third-order valence-electron chi connectivity index (χ3n) is 4.55. The largest absolute Gasteiger partial charge is 0.481 e. The molecular weight excluding hydrogens is 318 g/mol. The molecule has 2 aromatic rings. The zero-order valence-corrected chi connectivity index (χ0v) is 14.9. The van der Waals surface area contributed by atoms with Crippen molar-refractivity contribution < 1.29 is 14.3 Å². The maximum atomic E-state index is 12.0. The fraction of sp³-hybridized carbons (Fsp3) is 0.474. The molecule has 3 rings (SSSR count). The molecule has 0 N–H and O–H groups in total. The quantitative estimate of drug-likeness (QED) is 0.755. The topological polar surface area (TPSA) is 56.6 Å². The van der Waals surface area contributed by atoms with E-state index in [0.717, 1.165) is 38.2 Å². The third-order valence-corrected chi connectivity index (χ3v) is 4.55. The molecule has 134 valence electrons. The molecule has 1 saturated heterocycles. The van der Waals surface area contributed by atoms with Crippen LogP contribution in [0.2, 0.25) is 0 Å². The van der Waals surface area contributed by atoms with Crippen LogP contribution in [0.15, 0.2) is 36.7 Å². The highest BCUT2D eigenvalue weighted by atomic mass is 16.5. The Bertz CT molecular complexity index is 696. The second-order valence-corrected chi connectivity index (χ2v) is 6.25. The Morgan fingerprint density at radius 1 is 1.36 bits per heavy atom. The van der Waals surface area contributed by atoms with Gasteiger partial charge in [0.2, 0.25) is 5.88 Å². The number of ether oxygens (including phenoxy) is 2. The standard InChI is InChI=1S/C19H25N3O3/c1-3-25-19(23)15-6-4-10-21(13-15)14-17-7-5-11-22(17)16-8-9-18(24-2)20-12-16/h5,7-9,11-12,15H,3-4,6,10,13-14H2,1-2H3. The lowest BCUT2D eigenvalue weighted by molar-refractivity contribution is -0.150. The molecular formula is C19H25N3O3. The van der Waals surface area contributed by atoms with Gasteiger partial charge in [0.1, 0.15) is 0 Å². The molecule has 1 aliphatic heterocycles. The minimum Gasteiger partial charge on any atom is -0.481 e. The van der Waals surface area contributed by atoms with Gasteiger partial charge >= 0.3 is 5.97 Å². The van der Waals surface area contributed by atoms with E-state index in [4.69, 9.17) is 9.47 Å². The van der Waals surface area contributed by atoms with Crippen molar-refractivity contribution in [3.63, 3.8) is 0 Å². The number of nitrogens with zero attached hydrogens (tertiary/aromatic N) is 3. The van der Waals surface area contributed by atoms with Crippen molar-refractivity contribution in [1.82, 2.24) is 14.5 Å². The second-order valence-electron chi connectivity index (χ2n) is 6.25. The Balaban J connectivity index is 1.69. The molecule has 0 aromatic carbocycles. The number of hydrogen-bond donors (Lipinski definition) is 0. The van der Waals surface area contributed by atoms with Crippen molar-refractivity contribution in [2.24, 2.45) is 5.92 Å². The molecule has 0 aliphatic carbocycles. The number of carbonyl (C=O) groups is 1. The smallest absolute Gasteiger partial charge is 0.310 e. The van der Waals surface area contributed by atoms with Crippen molar-refractivity contribution in [2.75, 3.05) is 26.8 Å². The third kappa shape index (κ3) is 4.20. The SMILES string of the molecule is CCOC(=O)C1CCCN(Cc2cccn2-c2ccc(OC)nc2)C1. The molecule has 1 unspecified atom stereocenters. The fourth-order valence-electron chi connectivity index (χ4n) is 3.31. The van der Waals surface area contributed by atoms with Crippen LogP contribution in [0.1, 0.15) is 25.5 Å². The van der Waals surface area contributed by atoms with Crippen molar-refractivity contribution in [3.05, 3.63) is 42.4 Å². The van der Waals surface area contributed by atoms with Gasteiger partial charge in [-0.1, -0.05) is 0 Å². The first-order valence-electron chi connectivity index (χ1n) is 8.77. The molecule has 25 heavy (non-hydrogen) atoms. The Morgan fingerprint density at radius 3 is 2.96 bits per heavy atom. The molecule has 0 spiro atoms. The lowest BCUT2D eigenvalue weighted by Gasteiger charge is -2.31. The van der Waals surface area contributed by atoms with Crippen LogP contribution >= 0.6 is 0 Å². The lowest BCUT2D eigenvalue weighted by atomic mass is 9.98. The first-order valence-corrected chi connectivity index (χ1v) is 8.77. The van der Waals surface area contributed by atoms with Crippen LogP contribution in [0.4, 0.5) is 0 Å². The highest BCUT2D eigenvalue weighted by Gasteiger charge is 2.27. The summed E-state index contributed by atoms with van der Waals surface area (Å²) in [5.74, 6) is 0.521. The summed E-state index contributed by atoms with van der Waals surface area (Å²) >= 11 is 0. The first-order chi connectivity index (χ1) is 12.2. The zero-order chi connectivity index (χ0) is 17.6. The highest BCUT2D eigenvalue weighted by Crippen LogP contribution is 2.21. The van der Waals surface area contributed by atoms with Gasteiger partial charge in [-0.25, -0.2) is 4.98 Å². The Kier molecular flexibility index (Phi) is 5.71. The van der Waals surface area contributed by atoms with Gasteiger partial charge in [0.15, 0.2) is 0 Å². The Hall–Kier alpha value is -2.34. The molecule has 0 saturated carbocycles. The van der Waals surface area contributed by atoms with E-state index in [2.05, 4.69) is 20.5 Å². The number of carbonyl (C=O) groups excluding carboxylic acids is 1. The average Bonchev–Trinajstić information content (AvgIpc) is 3.10. The van der Waals surface area contributed by atoms with E-state index in [1.807, 2.05) is 31.3 Å². The highest BCUT2D eigenvalue weighted by molar-refractivity contribution is 5.72. The van der Waals surface area contributed by atoms with Gasteiger partial charge in [-0.05, 0) is 44.5 Å². The van der Waals surface area contributed by atoms with Gasteiger partial charge in [-0.3, -0.25) is 9.69 Å². The first kappa shape index (κ1) is 17.5. The minimum atomic E-state index is -0.0677. The number of aromatic nitrogens is 2. The number of hydrogen-bond acceptors (Lipinski definition) is 5. The van der Waals surface area contributed by atoms with E-state index in [-0.39, 0.29) is 11.9 Å². The average molecular weight is 343 g/mol. The van der Waals surface area contributed by atoms with Gasteiger partial charge in [0.05, 0.1) is 31.5 Å². The van der Waals surface area contributed by atoms with Gasteiger partial charge in [0.25, 0.3) is 0 Å². The van der Waals surface area contributed by atoms with Crippen LogP contribution in [-0.4, -0.2) is 47.2 Å². The molecule has 1 fully saturated rings. The van der Waals surface area contributed by atoms with Crippen LogP contribution in [-0.2, 0) is 16.1 Å². The van der Waals surface area contributed by atoms with Gasteiger partial charge in [-0.2, -0.15) is 0 Å². The lowest BCUT2D eigenvalue weighted by Crippen LogP contribution is -2.39. The van der Waals surface area contributed by atoms with Crippen LogP contribution in [0, 0.1) is 5.92 Å². The van der Waals surface area contributed by atoms with E-state index >= 15 is 0 Å². The van der Waals surface area contributed by atoms with E-state index < -0.39 is 0 Å². The van der Waals surface area contributed by atoms with Crippen molar-refractivity contribution in [2.45, 2.75) is 26.3 Å². The zero-order valence-electron chi connectivity index (χ0n) is 14.9. The molecule has 2 aromatic heterocycles. The van der Waals surface area contributed by atoms with Crippen LogP contribution in [0.5, 0.6) is 5.88 Å². The maximum Gasteiger partial charge on any atom is 0.310 e. The van der Waals surface area contributed by atoms with Crippen molar-refractivity contribution in [1.29, 1.82) is 0 Å². The van der Waals surface area contributed by atoms with Gasteiger partial charge in [0, 0.05) is 31.0 Å². The molecule has 1 atom stereocenters. The number of esters is 1. The van der Waals surface area contributed by atoms with E-state index in [1.54, 1.807) is 13.3 Å². The summed E-state index contributed by atoms with van der Waals surface area (Å²) in [5.41, 5.74) is 2.18. The number of piperidine rings is 1. The molecule has 1 aliphatic rings. The summed E-state index contributed by atoms with van der Waals surface area (Å²) in [6.45, 7) is 4.86. The monoisotopic (exact) mass is 343 g/mol. The normalized spacial score (nSPS) is 18.1. The summed E-state index contributed by atoms with van der Waals surface area (Å²) in [5, 5.41) is 0. The molecule has 0 radical (unpaired) electrons. The van der Waals surface area contributed by atoms with Gasteiger partial charge < -0.3 is 14.0 Å². The summed E-state index contributed by atoms with van der Waals surface area (Å²) < 4.78 is 12.4. The predicted molar refractivity (Wildman–Crippen MR) is 94.8 cm³/mol. The van der Waals surface area contributed by atoms with E-state index in [0.29, 0.717) is 12.5 Å². The number of pyridine rings is 1. The predicted octanol–water partition coefficient (Wildman–Crippen LogP) is 2.66. The summed E-state index contributed by atoms with van der Waals surface area (Å²) in [6, 6.07) is 7.99. The summed E-state index contributed by atoms with van der Waals surface area (Å²) in [4.78, 5) is 18.6. The molecule has 3 heterocycles. The fourth-order valence-corrected chi connectivity index (χ4v) is 3.31. The number of rotatable bonds is 6. The maximum absolute atomic E-state index is 12.0. The molecule has 6 heteroatoms. The van der Waals surface area contributed by atoms with Crippen molar-refractivity contribution in [3.8, 4) is 11.6 Å². The number of methoxy groups -OCH3 is 1. The van der Waals surface area contributed by atoms with Crippen LogP contribution in [0.25, 0.3) is 5.69 Å². The van der Waals surface area contributed by atoms with Gasteiger partial charge in [-0.15, -0.1) is 0 Å². The summed E-state index contributed by atoms with van der Waals surface area (Å²) in [7, 11) is 1.61. The Morgan fingerprint density at radius 2 is 2.24 bits per heavy atom. The van der Waals surface area contributed by atoms with Crippen LogP contribution in [0.3, 0.4) is 0 Å². The molecule has 0 amide bonds. The van der Waals surface area contributed by atoms with Crippen LogP contribution < -0.4 is 4.74 Å². The molecule has 0 bridgehead atoms. The molecule has 6 nitrogen and oxygen atoms in total. The van der Waals surface area contributed by atoms with E-state index in [9.17, 15) is 4.79 Å². The second kappa shape index (κ2) is 8.16. The van der Waals surface area contributed by atoms with E-state index in [1.165, 1.54) is 5.69 Å². The van der Waals surface area contributed by atoms with Crippen molar-refractivity contribution >= 4 is 5.97 Å². The Labute approximate surface area is 148 Å². The summed E-state index contributed by atoms with van der Waals surface area (Å²) in [6.07, 6.45) is 5.78. The minimum absolute atomic E-state index is 0.0141.